The normalized spacial score (nSPS) is 25.3. The van der Waals surface area contributed by atoms with Crippen molar-refractivity contribution in [1.29, 1.82) is 0 Å². The number of ether oxygens (including phenoxy) is 1. The monoisotopic (exact) mass is 523 g/mol. The number of aliphatic hydroxyl groups excluding tert-OH is 1. The minimum absolute atomic E-state index is 0.0249. The molecule has 1 saturated heterocycles. The van der Waals surface area contributed by atoms with E-state index in [4.69, 9.17) is 16.2 Å². The van der Waals surface area contributed by atoms with E-state index in [0.29, 0.717) is 12.2 Å². The van der Waals surface area contributed by atoms with E-state index in [1.165, 1.54) is 5.56 Å². The van der Waals surface area contributed by atoms with Gasteiger partial charge >= 0.3 is 0 Å². The largest absolute Gasteiger partial charge is 0.489 e. The predicted molar refractivity (Wildman–Crippen MR) is 150 cm³/mol. The van der Waals surface area contributed by atoms with Gasteiger partial charge in [-0.15, -0.1) is 0 Å². The van der Waals surface area contributed by atoms with E-state index < -0.39 is 11.8 Å². The third-order valence-electron chi connectivity index (χ3n) is 8.18. The van der Waals surface area contributed by atoms with Crippen molar-refractivity contribution in [2.45, 2.75) is 51.5 Å². The molecule has 0 saturated carbocycles. The predicted octanol–water partition coefficient (Wildman–Crippen LogP) is 1.85. The molecule has 0 radical (unpaired) electrons. The van der Waals surface area contributed by atoms with Crippen molar-refractivity contribution >= 4 is 23.0 Å². The second-order valence-electron chi connectivity index (χ2n) is 10.8. The van der Waals surface area contributed by atoms with Gasteiger partial charge < -0.3 is 36.2 Å². The van der Waals surface area contributed by atoms with Crippen LogP contribution in [0.3, 0.4) is 0 Å². The van der Waals surface area contributed by atoms with E-state index >= 15 is 0 Å². The summed E-state index contributed by atoms with van der Waals surface area (Å²) < 4.78 is 6.33. The number of aldehydes is 1. The van der Waals surface area contributed by atoms with Gasteiger partial charge in [0.05, 0.1) is 17.7 Å². The summed E-state index contributed by atoms with van der Waals surface area (Å²) in [5.74, 6) is 0.522. The summed E-state index contributed by atoms with van der Waals surface area (Å²) in [6, 6.07) is 12.2. The smallest absolute Gasteiger partial charge is 0.185 e. The zero-order valence-electron chi connectivity index (χ0n) is 22.8. The second-order valence-corrected chi connectivity index (χ2v) is 10.8. The van der Waals surface area contributed by atoms with Gasteiger partial charge in [0, 0.05) is 30.4 Å². The van der Waals surface area contributed by atoms with Gasteiger partial charge in [-0.1, -0.05) is 37.3 Å². The summed E-state index contributed by atoms with van der Waals surface area (Å²) in [6.45, 7) is 8.06. The maximum Gasteiger partial charge on any atom is 0.185 e. The number of aliphatic hydroxyl groups is 2. The lowest BCUT2D eigenvalue weighted by atomic mass is 9.70. The van der Waals surface area contributed by atoms with E-state index in [1.54, 1.807) is 18.7 Å². The fraction of sp³-hybridized carbons (Fsp3) is 0.517. The van der Waals surface area contributed by atoms with Crippen molar-refractivity contribution in [3.8, 4) is 5.75 Å². The number of carbonyl (C=O) groups is 1. The third-order valence-corrected chi connectivity index (χ3v) is 8.18. The first-order chi connectivity index (χ1) is 18.1. The van der Waals surface area contributed by atoms with Gasteiger partial charge in [0.2, 0.25) is 0 Å². The molecule has 0 aromatic heterocycles. The summed E-state index contributed by atoms with van der Waals surface area (Å²) in [7, 11) is 2.10. The van der Waals surface area contributed by atoms with Crippen LogP contribution in [0.1, 0.15) is 32.8 Å². The number of fused-ring (bicyclic) bond motifs is 2. The quantitative estimate of drug-likeness (QED) is 0.143. The summed E-state index contributed by atoms with van der Waals surface area (Å²) in [5.41, 5.74) is 12.1. The first-order valence-electron chi connectivity index (χ1n) is 13.3. The fourth-order valence-electron chi connectivity index (χ4n) is 6.30. The molecule has 0 amide bonds. The molecular weight excluding hydrogens is 482 g/mol. The second kappa shape index (κ2) is 11.3. The van der Waals surface area contributed by atoms with Gasteiger partial charge in [0.25, 0.3) is 0 Å². The number of guanidine groups is 1. The molecule has 2 aliphatic rings. The highest BCUT2D eigenvalue weighted by atomic mass is 16.5. The number of hydrogen-bond donors (Lipinski definition) is 4. The minimum atomic E-state index is -1.27. The Hall–Kier alpha value is -3.14. The van der Waals surface area contributed by atoms with Crippen LogP contribution in [0.5, 0.6) is 5.75 Å². The number of likely N-dealkylation sites (N-methyl/N-ethyl adjacent to an activating group) is 1. The van der Waals surface area contributed by atoms with Crippen molar-refractivity contribution in [2.24, 2.45) is 28.3 Å². The Bertz CT molecular complexity index is 1220. The van der Waals surface area contributed by atoms with E-state index in [0.717, 1.165) is 54.3 Å². The SMILES string of the molecule is C[C@@H](O)[C@@H]1[C@H]2[C@@H](C)C(COc3cccc4c(CCN(C)CCCN=C(N)N)cccc34)=C(C=O)N2C1(C)O. The number of hydrogen-bond acceptors (Lipinski definition) is 7. The molecule has 1 fully saturated rings. The van der Waals surface area contributed by atoms with Crippen LogP contribution in [0.25, 0.3) is 10.8 Å². The third kappa shape index (κ3) is 5.23. The van der Waals surface area contributed by atoms with Gasteiger partial charge in [0.1, 0.15) is 18.1 Å². The average molecular weight is 524 g/mol. The fourth-order valence-corrected chi connectivity index (χ4v) is 6.30. The first-order valence-corrected chi connectivity index (χ1v) is 13.3. The molecule has 2 aromatic rings. The molecule has 5 atom stereocenters. The van der Waals surface area contributed by atoms with Gasteiger partial charge in [-0.05, 0) is 62.9 Å². The zero-order chi connectivity index (χ0) is 27.6. The maximum absolute atomic E-state index is 12.1. The summed E-state index contributed by atoms with van der Waals surface area (Å²) in [5, 5.41) is 23.4. The van der Waals surface area contributed by atoms with Gasteiger partial charge in [-0.3, -0.25) is 9.79 Å². The minimum Gasteiger partial charge on any atom is -0.489 e. The van der Waals surface area contributed by atoms with Crippen molar-refractivity contribution < 1.29 is 19.7 Å². The lowest BCUT2D eigenvalue weighted by Gasteiger charge is -2.60. The van der Waals surface area contributed by atoms with Crippen LogP contribution in [-0.4, -0.2) is 83.4 Å². The Kier molecular flexibility index (Phi) is 8.30. The Morgan fingerprint density at radius 2 is 1.95 bits per heavy atom. The molecule has 0 bridgehead atoms. The zero-order valence-corrected chi connectivity index (χ0v) is 22.8. The van der Waals surface area contributed by atoms with Gasteiger partial charge in [-0.25, -0.2) is 0 Å². The van der Waals surface area contributed by atoms with Crippen molar-refractivity contribution in [3.05, 3.63) is 53.2 Å². The van der Waals surface area contributed by atoms with Gasteiger partial charge in [0.15, 0.2) is 12.2 Å². The molecule has 1 unspecified atom stereocenters. The molecule has 0 spiro atoms. The highest BCUT2D eigenvalue weighted by molar-refractivity contribution is 5.91. The van der Waals surface area contributed by atoms with Crippen LogP contribution in [0.4, 0.5) is 0 Å². The molecule has 9 nitrogen and oxygen atoms in total. The first kappa shape index (κ1) is 27.9. The summed E-state index contributed by atoms with van der Waals surface area (Å²) in [4.78, 5) is 20.1. The Morgan fingerprint density at radius 3 is 2.63 bits per heavy atom. The maximum atomic E-state index is 12.1. The molecule has 0 aliphatic carbocycles. The molecular formula is C29H41N5O4. The molecule has 2 aromatic carbocycles. The molecule has 9 heteroatoms. The number of benzene rings is 2. The molecule has 38 heavy (non-hydrogen) atoms. The number of carbonyl (C=O) groups excluding carboxylic acids is 1. The van der Waals surface area contributed by atoms with E-state index in [2.05, 4.69) is 35.1 Å². The summed E-state index contributed by atoms with van der Waals surface area (Å²) in [6.07, 6.45) is 1.90. The van der Waals surface area contributed by atoms with Crippen molar-refractivity contribution in [2.75, 3.05) is 33.3 Å². The van der Waals surface area contributed by atoms with Crippen LogP contribution < -0.4 is 16.2 Å². The van der Waals surface area contributed by atoms with Crippen LogP contribution in [0.15, 0.2) is 52.7 Å². The van der Waals surface area contributed by atoms with E-state index in [9.17, 15) is 15.0 Å². The Balaban J connectivity index is 1.46. The van der Waals surface area contributed by atoms with E-state index in [-0.39, 0.29) is 30.4 Å². The molecule has 6 N–H and O–H groups in total. The number of allylic oxidation sites excluding steroid dienone is 1. The number of aliphatic imine (C=N–C) groups is 1. The van der Waals surface area contributed by atoms with Crippen LogP contribution in [-0.2, 0) is 11.2 Å². The standard InChI is InChI=1S/C29H41N5O4/c1-18-23(24(16-35)34-27(18)26(19(2)36)29(34,3)37)17-38-25-11-6-9-21-20(8-5-10-22(21)25)12-15-33(4)14-7-13-32-28(30)31/h5-6,8-11,16,18-19,26-27,36-37H,7,12-15,17H2,1-4H3,(H4,30,31,32)/t18-,19+,26+,27+,29?/m0/s1. The number of nitrogens with zero attached hydrogens (tertiary/aromatic N) is 3. The van der Waals surface area contributed by atoms with Crippen LogP contribution in [0, 0.1) is 11.8 Å². The average Bonchev–Trinajstić information content (AvgIpc) is 3.12. The topological polar surface area (TPSA) is 138 Å². The molecule has 2 aliphatic heterocycles. The lowest BCUT2D eigenvalue weighted by molar-refractivity contribution is -0.261. The Labute approximate surface area is 224 Å². The highest BCUT2D eigenvalue weighted by Crippen LogP contribution is 2.54. The lowest BCUT2D eigenvalue weighted by Crippen LogP contribution is -2.73. The van der Waals surface area contributed by atoms with Crippen molar-refractivity contribution in [1.82, 2.24) is 9.80 Å². The number of rotatable bonds is 12. The van der Waals surface area contributed by atoms with Crippen LogP contribution in [0.2, 0.25) is 0 Å². The van der Waals surface area contributed by atoms with Crippen LogP contribution >= 0.6 is 0 Å². The number of nitrogens with two attached hydrogens (primary N) is 2. The molecule has 206 valence electrons. The molecule has 4 rings (SSSR count). The Morgan fingerprint density at radius 1 is 1.24 bits per heavy atom. The highest BCUT2D eigenvalue weighted by Gasteiger charge is 2.64. The molecule has 2 heterocycles. The van der Waals surface area contributed by atoms with Gasteiger partial charge in [-0.2, -0.15) is 0 Å². The summed E-state index contributed by atoms with van der Waals surface area (Å²) >= 11 is 0. The van der Waals surface area contributed by atoms with Crippen molar-refractivity contribution in [3.63, 3.8) is 0 Å². The van der Waals surface area contributed by atoms with E-state index in [1.807, 2.05) is 25.1 Å².